The van der Waals surface area contributed by atoms with Crippen molar-refractivity contribution in [1.29, 1.82) is 0 Å². The van der Waals surface area contributed by atoms with Crippen LogP contribution >= 0.6 is 11.6 Å². The summed E-state index contributed by atoms with van der Waals surface area (Å²) in [6.07, 6.45) is 7.35. The highest BCUT2D eigenvalue weighted by Gasteiger charge is 2.26. The topological polar surface area (TPSA) is 72.7 Å². The second-order valence-electron chi connectivity index (χ2n) is 9.07. The molecule has 0 radical (unpaired) electrons. The van der Waals surface area contributed by atoms with E-state index < -0.39 is 0 Å². The summed E-state index contributed by atoms with van der Waals surface area (Å²) < 4.78 is 13.1. The zero-order valence-corrected chi connectivity index (χ0v) is 21.4. The largest absolute Gasteiger partial charge is 0.495 e. The number of carbonyl (C=O) groups is 1. The van der Waals surface area contributed by atoms with Gasteiger partial charge in [-0.3, -0.25) is 4.79 Å². The Hall–Kier alpha value is -3.36. The van der Waals surface area contributed by atoms with Crippen LogP contribution in [0.3, 0.4) is 0 Å². The highest BCUT2D eigenvalue weighted by molar-refractivity contribution is 6.29. The fourth-order valence-electron chi connectivity index (χ4n) is 4.74. The number of anilines is 1. The van der Waals surface area contributed by atoms with Crippen LogP contribution in [-0.4, -0.2) is 65.3 Å². The first-order valence-electron chi connectivity index (χ1n) is 12.2. The highest BCUT2D eigenvalue weighted by Crippen LogP contribution is 2.29. The lowest BCUT2D eigenvalue weighted by Crippen LogP contribution is -2.39. The molecule has 2 saturated heterocycles. The number of piperidine rings is 1. The van der Waals surface area contributed by atoms with Crippen molar-refractivity contribution >= 4 is 29.4 Å². The second kappa shape index (κ2) is 10.7. The standard InChI is InChI=1S/C27H30ClN5O3/c1-19-16-33(18-29-19)23-7-5-20(15-24(23)35-2)14-21-4-3-9-32(27(21)34)17-22-6-8-25(28)30-26(22)31-10-12-36-13-11-31/h5-8,14-16,18H,3-4,9-13,17H2,1-2H3. The summed E-state index contributed by atoms with van der Waals surface area (Å²) in [5, 5.41) is 0.453. The van der Waals surface area contributed by atoms with Crippen molar-refractivity contribution in [2.24, 2.45) is 0 Å². The molecule has 0 atom stereocenters. The molecule has 0 saturated carbocycles. The first kappa shape index (κ1) is 24.3. The van der Waals surface area contributed by atoms with E-state index in [1.165, 1.54) is 0 Å². The minimum absolute atomic E-state index is 0.0532. The molecule has 0 unspecified atom stereocenters. The second-order valence-corrected chi connectivity index (χ2v) is 9.46. The van der Waals surface area contributed by atoms with Crippen molar-refractivity contribution < 1.29 is 14.3 Å². The number of imidazole rings is 1. The van der Waals surface area contributed by atoms with E-state index in [1.54, 1.807) is 19.5 Å². The third-order valence-corrected chi connectivity index (χ3v) is 6.77. The number of aryl methyl sites for hydroxylation is 1. The van der Waals surface area contributed by atoms with E-state index in [0.717, 1.165) is 65.6 Å². The molecule has 8 nitrogen and oxygen atoms in total. The van der Waals surface area contributed by atoms with Gasteiger partial charge in [-0.1, -0.05) is 23.7 Å². The Balaban J connectivity index is 1.37. The molecule has 2 fully saturated rings. The number of hydrogen-bond donors (Lipinski definition) is 0. The zero-order chi connectivity index (χ0) is 25.1. The number of pyridine rings is 1. The Kier molecular flexibility index (Phi) is 7.25. The Morgan fingerprint density at radius 2 is 2.00 bits per heavy atom. The van der Waals surface area contributed by atoms with Gasteiger partial charge in [0.2, 0.25) is 5.91 Å². The van der Waals surface area contributed by atoms with E-state index in [-0.39, 0.29) is 5.91 Å². The lowest BCUT2D eigenvalue weighted by atomic mass is 10.00. The number of halogens is 1. The van der Waals surface area contributed by atoms with E-state index in [2.05, 4.69) is 14.9 Å². The van der Waals surface area contributed by atoms with Crippen LogP contribution in [-0.2, 0) is 16.1 Å². The minimum atomic E-state index is 0.0532. The summed E-state index contributed by atoms with van der Waals surface area (Å²) in [4.78, 5) is 26.5. The molecule has 0 spiro atoms. The quantitative estimate of drug-likeness (QED) is 0.366. The van der Waals surface area contributed by atoms with Crippen molar-refractivity contribution in [3.05, 3.63) is 70.4 Å². The molecule has 0 N–H and O–H groups in total. The number of amides is 1. The van der Waals surface area contributed by atoms with Gasteiger partial charge in [-0.2, -0.15) is 0 Å². The predicted molar refractivity (Wildman–Crippen MR) is 140 cm³/mol. The maximum absolute atomic E-state index is 13.5. The maximum atomic E-state index is 13.5. The van der Waals surface area contributed by atoms with Crippen LogP contribution in [0.1, 0.15) is 29.7 Å². The van der Waals surface area contributed by atoms with Crippen molar-refractivity contribution in [3.8, 4) is 11.4 Å². The van der Waals surface area contributed by atoms with Crippen LogP contribution in [0, 0.1) is 6.92 Å². The number of nitrogens with zero attached hydrogens (tertiary/aromatic N) is 5. The van der Waals surface area contributed by atoms with Crippen LogP contribution in [0.4, 0.5) is 5.82 Å². The number of benzene rings is 1. The molecule has 2 aliphatic heterocycles. The molecule has 0 aliphatic carbocycles. The van der Waals surface area contributed by atoms with Gasteiger partial charge in [-0.15, -0.1) is 0 Å². The molecule has 3 aromatic rings. The molecule has 0 bridgehead atoms. The summed E-state index contributed by atoms with van der Waals surface area (Å²) >= 11 is 6.22. The number of rotatable bonds is 6. The molecule has 36 heavy (non-hydrogen) atoms. The fourth-order valence-corrected chi connectivity index (χ4v) is 4.88. The summed E-state index contributed by atoms with van der Waals surface area (Å²) in [5.41, 5.74) is 4.56. The summed E-state index contributed by atoms with van der Waals surface area (Å²) in [6.45, 7) is 5.99. The number of methoxy groups -OCH3 is 1. The fraction of sp³-hybridized carbons (Fsp3) is 0.370. The van der Waals surface area contributed by atoms with Crippen molar-refractivity contribution in [2.75, 3.05) is 44.9 Å². The molecule has 2 aliphatic rings. The molecule has 1 amide bonds. The molecular weight excluding hydrogens is 478 g/mol. The maximum Gasteiger partial charge on any atom is 0.250 e. The van der Waals surface area contributed by atoms with Crippen LogP contribution in [0.15, 0.2) is 48.4 Å². The summed E-state index contributed by atoms with van der Waals surface area (Å²) in [7, 11) is 1.65. The van der Waals surface area contributed by atoms with E-state index in [0.29, 0.717) is 31.5 Å². The normalized spacial score (nSPS) is 17.6. The van der Waals surface area contributed by atoms with Gasteiger partial charge >= 0.3 is 0 Å². The predicted octanol–water partition coefficient (Wildman–Crippen LogP) is 4.28. The van der Waals surface area contributed by atoms with Gasteiger partial charge < -0.3 is 23.8 Å². The Labute approximate surface area is 216 Å². The molecule has 1 aromatic carbocycles. The van der Waals surface area contributed by atoms with E-state index >= 15 is 0 Å². The Morgan fingerprint density at radius 1 is 1.17 bits per heavy atom. The van der Waals surface area contributed by atoms with Gasteiger partial charge in [0.1, 0.15) is 16.7 Å². The van der Waals surface area contributed by atoms with Crippen LogP contribution in [0.5, 0.6) is 5.75 Å². The first-order valence-corrected chi connectivity index (χ1v) is 12.6. The van der Waals surface area contributed by atoms with Gasteiger partial charge in [-0.05, 0) is 49.6 Å². The van der Waals surface area contributed by atoms with Gasteiger partial charge in [0, 0.05) is 43.5 Å². The SMILES string of the molecule is COc1cc(C=C2CCCN(Cc3ccc(Cl)nc3N3CCOCC3)C2=O)ccc1-n1cnc(C)c1. The third-order valence-electron chi connectivity index (χ3n) is 6.56. The van der Waals surface area contributed by atoms with Crippen LogP contribution in [0.25, 0.3) is 11.8 Å². The van der Waals surface area contributed by atoms with Gasteiger partial charge in [0.25, 0.3) is 0 Å². The molecule has 5 rings (SSSR count). The lowest BCUT2D eigenvalue weighted by Gasteiger charge is -2.32. The summed E-state index contributed by atoms with van der Waals surface area (Å²) in [6, 6.07) is 9.73. The first-order chi connectivity index (χ1) is 17.5. The van der Waals surface area contributed by atoms with Crippen molar-refractivity contribution in [1.82, 2.24) is 19.4 Å². The Bertz CT molecular complexity index is 1280. The zero-order valence-electron chi connectivity index (χ0n) is 20.6. The number of hydrogen-bond acceptors (Lipinski definition) is 6. The molecule has 4 heterocycles. The van der Waals surface area contributed by atoms with E-state index in [9.17, 15) is 4.79 Å². The average molecular weight is 508 g/mol. The summed E-state index contributed by atoms with van der Waals surface area (Å²) in [5.74, 6) is 1.62. The monoisotopic (exact) mass is 507 g/mol. The Morgan fingerprint density at radius 3 is 2.75 bits per heavy atom. The number of likely N-dealkylation sites (tertiary alicyclic amines) is 1. The smallest absolute Gasteiger partial charge is 0.250 e. The minimum Gasteiger partial charge on any atom is -0.495 e. The number of carbonyl (C=O) groups excluding carboxylic acids is 1. The molecular formula is C27H30ClN5O3. The molecule has 188 valence electrons. The average Bonchev–Trinajstić information content (AvgIpc) is 3.33. The number of aromatic nitrogens is 3. The molecule has 2 aromatic heterocycles. The van der Waals surface area contributed by atoms with Crippen LogP contribution < -0.4 is 9.64 Å². The van der Waals surface area contributed by atoms with Crippen molar-refractivity contribution in [2.45, 2.75) is 26.3 Å². The highest BCUT2D eigenvalue weighted by atomic mass is 35.5. The van der Waals surface area contributed by atoms with Gasteiger partial charge in [0.15, 0.2) is 0 Å². The van der Waals surface area contributed by atoms with Gasteiger partial charge in [-0.25, -0.2) is 9.97 Å². The number of morpholine rings is 1. The molecule has 9 heteroatoms. The van der Waals surface area contributed by atoms with Gasteiger partial charge in [0.05, 0.1) is 38.0 Å². The van der Waals surface area contributed by atoms with Crippen LogP contribution in [0.2, 0.25) is 5.15 Å². The van der Waals surface area contributed by atoms with Crippen molar-refractivity contribution in [3.63, 3.8) is 0 Å². The lowest BCUT2D eigenvalue weighted by molar-refractivity contribution is -0.129. The third kappa shape index (κ3) is 5.24. The number of ether oxygens (including phenoxy) is 2. The van der Waals surface area contributed by atoms with E-state index in [1.807, 2.05) is 52.9 Å². The van der Waals surface area contributed by atoms with E-state index in [4.69, 9.17) is 21.1 Å².